The summed E-state index contributed by atoms with van der Waals surface area (Å²) >= 11 is 0. The average molecular weight is 733 g/mol. The van der Waals surface area contributed by atoms with Gasteiger partial charge in [-0.3, -0.25) is 4.79 Å². The molecule has 0 aromatic rings. The van der Waals surface area contributed by atoms with Gasteiger partial charge in [0, 0.05) is 58.0 Å². The summed E-state index contributed by atoms with van der Waals surface area (Å²) in [6.45, 7) is 10.7. The van der Waals surface area contributed by atoms with Gasteiger partial charge in [0.05, 0.1) is 86.0 Å². The van der Waals surface area contributed by atoms with Gasteiger partial charge in [0.1, 0.15) is 18.0 Å². The van der Waals surface area contributed by atoms with Crippen LogP contribution in [0.2, 0.25) is 0 Å². The van der Waals surface area contributed by atoms with Gasteiger partial charge in [0.2, 0.25) is 0 Å². The van der Waals surface area contributed by atoms with Crippen molar-refractivity contribution < 1.29 is 58.0 Å². The number of carbonyl (C=O) groups is 1. The molecule has 0 aromatic carbocycles. The number of hydrogen-bond donors (Lipinski definition) is 3. The fraction of sp³-hybridized carbons (Fsp3) is 0.875. The van der Waals surface area contributed by atoms with E-state index < -0.39 is 36.3 Å². The Hall–Kier alpha value is -1.29. The van der Waals surface area contributed by atoms with Crippen LogP contribution in [-0.2, 0) is 42.7 Å². The van der Waals surface area contributed by atoms with E-state index in [1.165, 1.54) is 0 Å². The van der Waals surface area contributed by atoms with Crippen LogP contribution in [0.1, 0.15) is 96.8 Å². The Balaban J connectivity index is 1.06. The lowest BCUT2D eigenvalue weighted by molar-refractivity contribution is -0.277. The summed E-state index contributed by atoms with van der Waals surface area (Å²) in [7, 11) is 1.62. The first-order chi connectivity index (χ1) is 25.0. The van der Waals surface area contributed by atoms with Crippen molar-refractivity contribution >= 4 is 5.78 Å². The van der Waals surface area contributed by atoms with E-state index in [9.17, 15) is 20.1 Å². The van der Waals surface area contributed by atoms with Crippen molar-refractivity contribution in [1.82, 2.24) is 0 Å². The summed E-state index contributed by atoms with van der Waals surface area (Å²) in [5, 5.41) is 31.2. The van der Waals surface area contributed by atoms with Gasteiger partial charge in [-0.1, -0.05) is 20.1 Å². The van der Waals surface area contributed by atoms with Crippen molar-refractivity contribution in [2.24, 2.45) is 11.8 Å². The largest absolute Gasteiger partial charge is 0.394 e. The van der Waals surface area contributed by atoms with E-state index in [4.69, 9.17) is 37.9 Å². The molecule has 10 unspecified atom stereocenters. The first-order valence-electron chi connectivity index (χ1n) is 20.0. The minimum atomic E-state index is -0.957. The second-order valence-corrected chi connectivity index (χ2v) is 17.2. The number of rotatable bonds is 4. The number of aliphatic hydroxyl groups excluding tert-OH is 3. The minimum absolute atomic E-state index is 0.0101. The Morgan fingerprint density at radius 2 is 1.62 bits per heavy atom. The lowest BCUT2D eigenvalue weighted by Gasteiger charge is -2.47. The molecule has 0 aliphatic carbocycles. The van der Waals surface area contributed by atoms with Crippen molar-refractivity contribution in [3.05, 3.63) is 24.3 Å². The first kappa shape index (κ1) is 37.6. The summed E-state index contributed by atoms with van der Waals surface area (Å²) in [5.74, 6) is -0.909. The number of carbonyl (C=O) groups excluding carboxylic acids is 1. The second kappa shape index (κ2) is 15.3. The van der Waals surface area contributed by atoms with E-state index >= 15 is 0 Å². The van der Waals surface area contributed by atoms with Gasteiger partial charge in [0.15, 0.2) is 5.79 Å². The molecule has 52 heavy (non-hydrogen) atoms. The van der Waals surface area contributed by atoms with Crippen molar-refractivity contribution in [2.75, 3.05) is 13.7 Å². The maximum absolute atomic E-state index is 14.0. The topological polar surface area (TPSA) is 152 Å². The number of hydrogen-bond acceptors (Lipinski definition) is 12. The molecule has 8 aliphatic heterocycles. The maximum atomic E-state index is 14.0. The van der Waals surface area contributed by atoms with Crippen LogP contribution in [0.4, 0.5) is 0 Å². The Kier molecular flexibility index (Phi) is 11.1. The van der Waals surface area contributed by atoms with Crippen molar-refractivity contribution in [2.45, 2.75) is 194 Å². The van der Waals surface area contributed by atoms with Gasteiger partial charge >= 0.3 is 0 Å². The van der Waals surface area contributed by atoms with E-state index in [-0.39, 0.29) is 105 Å². The summed E-state index contributed by atoms with van der Waals surface area (Å²) in [5.41, 5.74) is 2.13. The zero-order valence-electron chi connectivity index (χ0n) is 30.9. The molecule has 0 aromatic heterocycles. The van der Waals surface area contributed by atoms with E-state index in [1.807, 2.05) is 0 Å². The predicted molar refractivity (Wildman–Crippen MR) is 186 cm³/mol. The number of ether oxygens (including phenoxy) is 8. The van der Waals surface area contributed by atoms with Crippen LogP contribution < -0.4 is 0 Å². The monoisotopic (exact) mass is 732 g/mol. The van der Waals surface area contributed by atoms with Gasteiger partial charge in [-0.25, -0.2) is 0 Å². The van der Waals surface area contributed by atoms with Crippen molar-refractivity contribution in [3.8, 4) is 0 Å². The Morgan fingerprint density at radius 1 is 0.827 bits per heavy atom. The molecule has 12 heteroatoms. The van der Waals surface area contributed by atoms with Crippen LogP contribution >= 0.6 is 0 Å². The normalized spacial score (nSPS) is 50.4. The van der Waals surface area contributed by atoms with Crippen LogP contribution in [0.25, 0.3) is 0 Å². The number of aliphatic hydroxyl groups is 3. The van der Waals surface area contributed by atoms with Gasteiger partial charge in [-0.15, -0.1) is 0 Å². The third-order valence-corrected chi connectivity index (χ3v) is 13.5. The fourth-order valence-corrected chi connectivity index (χ4v) is 10.8. The smallest absolute Gasteiger partial charge is 0.172 e. The van der Waals surface area contributed by atoms with Crippen LogP contribution in [-0.4, -0.2) is 132 Å². The average Bonchev–Trinajstić information content (AvgIpc) is 3.72. The second-order valence-electron chi connectivity index (χ2n) is 17.2. The van der Waals surface area contributed by atoms with Crippen LogP contribution in [0.15, 0.2) is 24.3 Å². The molecular weight excluding hydrogens is 672 g/mol. The van der Waals surface area contributed by atoms with Crippen LogP contribution in [0.5, 0.6) is 0 Å². The van der Waals surface area contributed by atoms with Crippen molar-refractivity contribution in [1.29, 1.82) is 0 Å². The third-order valence-electron chi connectivity index (χ3n) is 13.5. The maximum Gasteiger partial charge on any atom is 0.172 e. The summed E-state index contributed by atoms with van der Waals surface area (Å²) < 4.78 is 52.7. The molecule has 8 aliphatic rings. The Bertz CT molecular complexity index is 1330. The number of Topliss-reactive ketones (excluding diaryl/α,β-unsaturated/α-hetero) is 1. The zero-order valence-corrected chi connectivity index (χ0v) is 30.9. The highest BCUT2D eigenvalue weighted by Gasteiger charge is 2.59. The quantitative estimate of drug-likeness (QED) is 0.363. The molecule has 18 atom stereocenters. The number of methoxy groups -OCH3 is 1. The van der Waals surface area contributed by atoms with E-state index in [1.54, 1.807) is 7.11 Å². The summed E-state index contributed by atoms with van der Waals surface area (Å²) in [6, 6.07) is 0. The van der Waals surface area contributed by atoms with Gasteiger partial charge < -0.3 is 53.2 Å². The fourth-order valence-electron chi connectivity index (χ4n) is 10.8. The third kappa shape index (κ3) is 7.48. The molecule has 8 heterocycles. The SMILES string of the molecule is C=C1C2C[C@@H]3OC(CC(O)CO)[C@H](OC)C3CC(=O)CC3CCC4O[C@@H]5CC(O[C@@]6(CCC7CC(=C)[C@H](CCC(C[C@H]1C)O2)O7)C[C@@H](O)C5O6)[C@H]4O3. The number of ketones is 1. The molecule has 0 radical (unpaired) electrons. The van der Waals surface area contributed by atoms with E-state index in [0.717, 1.165) is 49.7 Å². The van der Waals surface area contributed by atoms with Crippen molar-refractivity contribution in [3.63, 3.8) is 0 Å². The Labute approximate surface area is 307 Å². The van der Waals surface area contributed by atoms with Gasteiger partial charge in [-0.2, -0.15) is 0 Å². The standard InChI is InChI=1S/C40H60O12/c1-20-11-25-5-7-30-21(2)12-27(46-30)9-10-40-18-29(44)38(52-40)35-17-36(51-40)39-31(49-35)8-6-26(48-39)13-23(42)14-28-33(16-32(47-25)22(20)3)50-34(37(28)45-4)15-24(43)19-41/h20,24-39,41,43-44H,2-3,5-19H2,1,4H3/t20-,24?,25?,26?,27?,28?,29-,30+,31?,32?,33+,34?,35-,36?,37-,38?,39+,40-/m1/s1. The number of fused-ring (bicyclic) bond motifs is 9. The molecule has 12 nitrogen and oxygen atoms in total. The lowest BCUT2D eigenvalue weighted by atomic mass is 9.81. The summed E-state index contributed by atoms with van der Waals surface area (Å²) in [4.78, 5) is 14.0. The molecule has 8 saturated heterocycles. The predicted octanol–water partition coefficient (Wildman–Crippen LogP) is 3.46. The van der Waals surface area contributed by atoms with Crippen LogP contribution in [0, 0.1) is 11.8 Å². The molecule has 292 valence electrons. The lowest BCUT2D eigenvalue weighted by Crippen LogP contribution is -2.58. The van der Waals surface area contributed by atoms with E-state index in [0.29, 0.717) is 32.1 Å². The molecule has 8 rings (SSSR count). The van der Waals surface area contributed by atoms with Gasteiger partial charge in [0.25, 0.3) is 0 Å². The van der Waals surface area contributed by atoms with Gasteiger partial charge in [-0.05, 0) is 62.0 Å². The highest BCUT2D eigenvalue weighted by molar-refractivity contribution is 5.79. The molecule has 0 saturated carbocycles. The summed E-state index contributed by atoms with van der Waals surface area (Å²) in [6.07, 6.45) is 3.06. The molecule has 0 amide bonds. The minimum Gasteiger partial charge on any atom is -0.394 e. The van der Waals surface area contributed by atoms with Crippen LogP contribution in [0.3, 0.4) is 0 Å². The highest BCUT2D eigenvalue weighted by atomic mass is 16.7. The van der Waals surface area contributed by atoms with E-state index in [2.05, 4.69) is 20.1 Å². The molecule has 10 bridgehead atoms. The molecule has 1 spiro atoms. The highest BCUT2D eigenvalue weighted by Crippen LogP contribution is 2.49. The molecule has 3 N–H and O–H groups in total. The Morgan fingerprint density at radius 3 is 2.42 bits per heavy atom. The zero-order chi connectivity index (χ0) is 36.3. The molecule has 8 fully saturated rings. The molecular formula is C40H60O12. The first-order valence-corrected chi connectivity index (χ1v) is 20.0.